The first-order valence-corrected chi connectivity index (χ1v) is 15.7. The number of aryl methyl sites for hydroxylation is 2. The first kappa shape index (κ1) is 32.1. The molecule has 48 heavy (non-hydrogen) atoms. The molecule has 6 rings (SSSR count). The summed E-state index contributed by atoms with van der Waals surface area (Å²) in [6, 6.07) is 19.9. The molecule has 0 saturated heterocycles. The van der Waals surface area contributed by atoms with Gasteiger partial charge in [0.15, 0.2) is 0 Å². The Morgan fingerprint density at radius 3 is 2.27 bits per heavy atom. The van der Waals surface area contributed by atoms with Gasteiger partial charge in [0.25, 0.3) is 5.91 Å². The number of methoxy groups -OCH3 is 1. The number of carbonyl (C=O) groups excluding carboxylic acids is 4. The third-order valence-corrected chi connectivity index (χ3v) is 8.78. The van der Waals surface area contributed by atoms with Gasteiger partial charge in [-0.05, 0) is 47.2 Å². The highest BCUT2D eigenvalue weighted by Crippen LogP contribution is 2.44. The summed E-state index contributed by atoms with van der Waals surface area (Å²) in [5, 5.41) is 18.0. The molecule has 246 valence electrons. The number of benzene rings is 3. The molecule has 3 aromatic carbocycles. The van der Waals surface area contributed by atoms with Gasteiger partial charge in [-0.2, -0.15) is 0 Å². The van der Waals surface area contributed by atoms with E-state index in [1.807, 2.05) is 42.6 Å². The van der Waals surface area contributed by atoms with Gasteiger partial charge in [0, 0.05) is 74.5 Å². The second-order valence-electron chi connectivity index (χ2n) is 12.2. The van der Waals surface area contributed by atoms with E-state index >= 15 is 0 Å². The van der Waals surface area contributed by atoms with E-state index in [0.29, 0.717) is 35.7 Å². The predicted octanol–water partition coefficient (Wildman–Crippen LogP) is 6.19. The number of phenolic OH excluding ortho intramolecular Hbond substituents is 1. The second-order valence-corrected chi connectivity index (χ2v) is 12.2. The number of aromatic nitrogens is 2. The Labute approximate surface area is 277 Å². The number of amides is 3. The minimum atomic E-state index is -0.420. The van der Waals surface area contributed by atoms with E-state index in [1.165, 1.54) is 7.11 Å². The van der Waals surface area contributed by atoms with E-state index in [0.717, 1.165) is 33.2 Å². The number of hydrogen-bond acceptors (Lipinski definition) is 6. The lowest BCUT2D eigenvalue weighted by molar-refractivity contribution is -0.119. The summed E-state index contributed by atoms with van der Waals surface area (Å²) >= 11 is 0. The third kappa shape index (κ3) is 6.26. The highest BCUT2D eigenvalue weighted by atomic mass is 16.5. The average Bonchev–Trinajstić information content (AvgIpc) is 3.75. The number of aromatic hydroxyl groups is 1. The van der Waals surface area contributed by atoms with Crippen LogP contribution in [0.4, 0.5) is 17.1 Å². The van der Waals surface area contributed by atoms with Crippen molar-refractivity contribution in [3.8, 4) is 16.9 Å². The van der Waals surface area contributed by atoms with Crippen molar-refractivity contribution in [2.45, 2.75) is 32.1 Å². The fourth-order valence-electron chi connectivity index (χ4n) is 6.39. The van der Waals surface area contributed by atoms with Crippen molar-refractivity contribution in [2.24, 2.45) is 14.1 Å². The fourth-order valence-corrected chi connectivity index (χ4v) is 6.39. The monoisotopic (exact) mass is 647 g/mol. The van der Waals surface area contributed by atoms with Crippen LogP contribution in [0, 0.1) is 0 Å². The van der Waals surface area contributed by atoms with Gasteiger partial charge in [-0.25, -0.2) is 4.79 Å². The van der Waals surface area contributed by atoms with Crippen LogP contribution in [0.25, 0.3) is 21.9 Å². The zero-order chi connectivity index (χ0) is 34.1. The molecule has 11 heteroatoms. The Morgan fingerprint density at radius 1 is 0.833 bits per heavy atom. The molecule has 11 nitrogen and oxygen atoms in total. The summed E-state index contributed by atoms with van der Waals surface area (Å²) in [7, 11) is 4.83. The largest absolute Gasteiger partial charge is 0.507 e. The molecular formula is C37H37N5O6. The van der Waals surface area contributed by atoms with Gasteiger partial charge in [0.2, 0.25) is 11.8 Å². The maximum atomic E-state index is 13.2. The molecule has 2 aromatic heterocycles. The molecule has 1 atom stereocenters. The quantitative estimate of drug-likeness (QED) is 0.163. The Kier molecular flexibility index (Phi) is 8.77. The Balaban J connectivity index is 1.02. The predicted molar refractivity (Wildman–Crippen MR) is 184 cm³/mol. The van der Waals surface area contributed by atoms with Gasteiger partial charge in [-0.15, -0.1) is 0 Å². The normalized spacial score (nSPS) is 13.8. The molecule has 3 N–H and O–H groups in total. The van der Waals surface area contributed by atoms with Gasteiger partial charge in [-0.1, -0.05) is 43.3 Å². The van der Waals surface area contributed by atoms with Crippen molar-refractivity contribution in [1.29, 1.82) is 0 Å². The lowest BCUT2D eigenvalue weighted by atomic mass is 9.95. The first-order chi connectivity index (χ1) is 23.0. The number of carbonyl (C=O) groups is 4. The van der Waals surface area contributed by atoms with Crippen LogP contribution in [0.3, 0.4) is 0 Å². The van der Waals surface area contributed by atoms with E-state index in [4.69, 9.17) is 4.74 Å². The van der Waals surface area contributed by atoms with Crippen molar-refractivity contribution in [3.05, 3.63) is 96.1 Å². The minimum absolute atomic E-state index is 0.0931. The van der Waals surface area contributed by atoms with E-state index in [2.05, 4.69) is 17.6 Å². The molecule has 0 bridgehead atoms. The highest BCUT2D eigenvalue weighted by Gasteiger charge is 2.32. The molecule has 0 aliphatic carbocycles. The summed E-state index contributed by atoms with van der Waals surface area (Å²) < 4.78 is 8.15. The molecular weight excluding hydrogens is 610 g/mol. The number of nitrogens with zero attached hydrogens (tertiary/aromatic N) is 3. The molecule has 0 fully saturated rings. The molecule has 3 heterocycles. The van der Waals surface area contributed by atoms with Crippen LogP contribution in [0.1, 0.15) is 58.6 Å². The standard InChI is InChI=1S/C37H37N5O6/c1-22-19-42(29-18-32(43)27-8-5-6-9-28(27)35(22)29)34(45)11-7-10-33(44)38-26-17-30(41(3)21-26)36(46)39-25-14-12-23(13-15-25)24-16-31(37(47)48-4)40(2)20-24/h5-6,8-9,12-18,20-22,43H,7,10-11,19H2,1-4H3,(H,38,44)(H,39,46)/t22-/m1/s1. The van der Waals surface area contributed by atoms with Crippen LogP contribution in [0.2, 0.25) is 0 Å². The van der Waals surface area contributed by atoms with Crippen LogP contribution in [0.15, 0.2) is 79.1 Å². The van der Waals surface area contributed by atoms with Gasteiger partial charge in [-0.3, -0.25) is 14.4 Å². The van der Waals surface area contributed by atoms with E-state index in [1.54, 1.807) is 64.7 Å². The average molecular weight is 648 g/mol. The van der Waals surface area contributed by atoms with Crippen LogP contribution in [0.5, 0.6) is 5.75 Å². The van der Waals surface area contributed by atoms with Crippen molar-refractivity contribution >= 4 is 51.5 Å². The number of ether oxygens (including phenoxy) is 1. The molecule has 0 spiro atoms. The smallest absolute Gasteiger partial charge is 0.354 e. The van der Waals surface area contributed by atoms with Crippen LogP contribution < -0.4 is 15.5 Å². The SMILES string of the molecule is COC(=O)c1cc(-c2ccc(NC(=O)c3cc(NC(=O)CCCC(=O)N4C[C@@H](C)c5c4cc(O)c4ccccc54)cn3C)cc2)cn1C. The summed E-state index contributed by atoms with van der Waals surface area (Å²) in [5.41, 5.74) is 5.34. The van der Waals surface area contributed by atoms with Crippen molar-refractivity contribution in [1.82, 2.24) is 9.13 Å². The number of hydrogen-bond donors (Lipinski definition) is 3. The van der Waals surface area contributed by atoms with Crippen LogP contribution in [-0.2, 0) is 28.4 Å². The zero-order valence-corrected chi connectivity index (χ0v) is 27.2. The zero-order valence-electron chi connectivity index (χ0n) is 27.2. The van der Waals surface area contributed by atoms with Gasteiger partial charge < -0.3 is 34.5 Å². The third-order valence-electron chi connectivity index (χ3n) is 8.78. The molecule has 3 amide bonds. The minimum Gasteiger partial charge on any atom is -0.507 e. The molecule has 1 aliphatic rings. The maximum absolute atomic E-state index is 13.2. The summed E-state index contributed by atoms with van der Waals surface area (Å²) in [5.74, 6) is -0.849. The summed E-state index contributed by atoms with van der Waals surface area (Å²) in [6.07, 6.45) is 4.17. The summed E-state index contributed by atoms with van der Waals surface area (Å²) in [6.45, 7) is 2.60. The molecule has 5 aromatic rings. The molecule has 0 radical (unpaired) electrons. The van der Waals surface area contributed by atoms with Crippen LogP contribution in [-0.4, -0.2) is 51.6 Å². The molecule has 1 aliphatic heterocycles. The topological polar surface area (TPSA) is 135 Å². The second kappa shape index (κ2) is 13.1. The number of anilines is 3. The Hall–Kier alpha value is -5.84. The molecule has 0 saturated carbocycles. The number of fused-ring (bicyclic) bond motifs is 3. The number of rotatable bonds is 9. The van der Waals surface area contributed by atoms with E-state index in [9.17, 15) is 24.3 Å². The van der Waals surface area contributed by atoms with Crippen molar-refractivity contribution in [3.63, 3.8) is 0 Å². The lowest BCUT2D eigenvalue weighted by Crippen LogP contribution is -2.29. The van der Waals surface area contributed by atoms with Crippen LogP contribution >= 0.6 is 0 Å². The van der Waals surface area contributed by atoms with Crippen molar-refractivity contribution < 1.29 is 29.0 Å². The van der Waals surface area contributed by atoms with E-state index in [-0.39, 0.29) is 42.2 Å². The highest BCUT2D eigenvalue weighted by molar-refractivity contribution is 6.05. The number of nitrogens with one attached hydrogen (secondary N) is 2. The number of esters is 1. The molecule has 0 unspecified atom stereocenters. The van der Waals surface area contributed by atoms with Gasteiger partial charge >= 0.3 is 5.97 Å². The first-order valence-electron chi connectivity index (χ1n) is 15.7. The fraction of sp³-hybridized carbons (Fsp3) is 0.243. The number of phenols is 1. The lowest BCUT2D eigenvalue weighted by Gasteiger charge is -2.18. The van der Waals surface area contributed by atoms with Gasteiger partial charge in [0.05, 0.1) is 18.5 Å². The Bertz CT molecular complexity index is 2060. The summed E-state index contributed by atoms with van der Waals surface area (Å²) in [4.78, 5) is 52.7. The van der Waals surface area contributed by atoms with Crippen molar-refractivity contribution in [2.75, 3.05) is 29.2 Å². The Morgan fingerprint density at radius 2 is 1.54 bits per heavy atom. The van der Waals surface area contributed by atoms with E-state index < -0.39 is 5.97 Å². The maximum Gasteiger partial charge on any atom is 0.354 e. The van der Waals surface area contributed by atoms with Gasteiger partial charge in [0.1, 0.15) is 17.1 Å².